The molecule has 364 valence electrons. The Morgan fingerprint density at radius 1 is 0.312 bits per heavy atom. The maximum Gasteiger partial charge on any atom is 0.306 e. The van der Waals surface area contributed by atoms with E-state index >= 15 is 0 Å². The van der Waals surface area contributed by atoms with Gasteiger partial charge in [-0.3, -0.25) is 14.4 Å². The fourth-order valence-corrected chi connectivity index (χ4v) is 6.84. The zero-order chi connectivity index (χ0) is 46.5. The molecule has 64 heavy (non-hydrogen) atoms. The van der Waals surface area contributed by atoms with E-state index in [1.807, 2.05) is 0 Å². The second-order valence-electron chi connectivity index (χ2n) is 17.1. The number of allylic oxidation sites excluding steroid dienone is 16. The Bertz CT molecular complexity index is 1300. The lowest BCUT2D eigenvalue weighted by molar-refractivity contribution is -0.167. The molecule has 6 heteroatoms. The van der Waals surface area contributed by atoms with Crippen molar-refractivity contribution >= 4 is 17.9 Å². The molecule has 0 bridgehead atoms. The second kappa shape index (κ2) is 52.0. The Labute approximate surface area is 394 Å². The van der Waals surface area contributed by atoms with Crippen LogP contribution in [-0.2, 0) is 28.6 Å². The van der Waals surface area contributed by atoms with Gasteiger partial charge in [0.1, 0.15) is 13.2 Å². The smallest absolute Gasteiger partial charge is 0.306 e. The monoisotopic (exact) mass is 889 g/mol. The van der Waals surface area contributed by atoms with E-state index in [1.54, 1.807) is 0 Å². The third-order valence-corrected chi connectivity index (χ3v) is 10.8. The highest BCUT2D eigenvalue weighted by Gasteiger charge is 2.19. The summed E-state index contributed by atoms with van der Waals surface area (Å²) in [7, 11) is 0. The average Bonchev–Trinajstić information content (AvgIpc) is 3.29. The van der Waals surface area contributed by atoms with Crippen LogP contribution >= 0.6 is 0 Å². The van der Waals surface area contributed by atoms with Gasteiger partial charge in [-0.1, -0.05) is 214 Å². The molecule has 0 radical (unpaired) electrons. The van der Waals surface area contributed by atoms with Gasteiger partial charge in [0.15, 0.2) is 6.10 Å². The standard InChI is InChI=1S/C58H96O6/c1-4-7-10-13-16-19-22-25-27-29-31-33-36-39-42-45-48-51-57(60)63-54-55(53-62-56(59)50-47-44-41-38-35-24-21-18-15-12-9-6-3)64-58(61)52-49-46-43-40-37-34-32-30-28-26-23-20-17-14-11-8-5-2/h16-17,19-20,25-28,31-34,39-40,42-43,55H,4-15,18,21-24,29-30,35-38,41,44-54H2,1-3H3/b19-16-,20-17-,27-25-,28-26-,33-31-,34-32-,42-39-,43-40-. The highest BCUT2D eigenvalue weighted by molar-refractivity contribution is 5.71. The van der Waals surface area contributed by atoms with Gasteiger partial charge in [0.05, 0.1) is 0 Å². The number of rotatable bonds is 46. The van der Waals surface area contributed by atoms with Crippen LogP contribution in [0.15, 0.2) is 97.2 Å². The predicted octanol–water partition coefficient (Wildman–Crippen LogP) is 17.4. The van der Waals surface area contributed by atoms with Crippen molar-refractivity contribution in [3.63, 3.8) is 0 Å². The summed E-state index contributed by atoms with van der Waals surface area (Å²) >= 11 is 0. The number of esters is 3. The number of carbonyl (C=O) groups is 3. The van der Waals surface area contributed by atoms with Gasteiger partial charge in [0.25, 0.3) is 0 Å². The molecule has 0 N–H and O–H groups in total. The van der Waals surface area contributed by atoms with Gasteiger partial charge in [-0.05, 0) is 96.3 Å². The Morgan fingerprint density at radius 2 is 0.578 bits per heavy atom. The minimum Gasteiger partial charge on any atom is -0.462 e. The molecule has 0 aliphatic carbocycles. The minimum atomic E-state index is -0.826. The van der Waals surface area contributed by atoms with E-state index in [0.717, 1.165) is 70.6 Å². The van der Waals surface area contributed by atoms with Crippen molar-refractivity contribution in [3.05, 3.63) is 97.2 Å². The van der Waals surface area contributed by atoms with Crippen LogP contribution < -0.4 is 0 Å². The molecule has 0 fully saturated rings. The van der Waals surface area contributed by atoms with Gasteiger partial charge in [-0.15, -0.1) is 0 Å². The van der Waals surface area contributed by atoms with Gasteiger partial charge in [-0.2, -0.15) is 0 Å². The summed E-state index contributed by atoms with van der Waals surface area (Å²) in [5.74, 6) is -1.03. The first-order valence-electron chi connectivity index (χ1n) is 26.2. The van der Waals surface area contributed by atoms with E-state index in [4.69, 9.17) is 14.2 Å². The molecule has 0 aromatic rings. The van der Waals surface area contributed by atoms with Gasteiger partial charge in [0.2, 0.25) is 0 Å². The topological polar surface area (TPSA) is 78.9 Å². The molecule has 1 atom stereocenters. The highest BCUT2D eigenvalue weighted by atomic mass is 16.6. The molecule has 0 aromatic carbocycles. The summed E-state index contributed by atoms with van der Waals surface area (Å²) in [5, 5.41) is 0. The molecule has 1 unspecified atom stereocenters. The normalized spacial score (nSPS) is 12.9. The van der Waals surface area contributed by atoms with Crippen LogP contribution in [0, 0.1) is 0 Å². The van der Waals surface area contributed by atoms with Crippen molar-refractivity contribution in [1.82, 2.24) is 0 Å². The van der Waals surface area contributed by atoms with E-state index in [2.05, 4.69) is 118 Å². The molecule has 0 aliphatic rings. The van der Waals surface area contributed by atoms with E-state index in [0.29, 0.717) is 19.3 Å². The van der Waals surface area contributed by atoms with Crippen LogP contribution in [0.3, 0.4) is 0 Å². The summed E-state index contributed by atoms with van der Waals surface area (Å²) < 4.78 is 16.7. The molecule has 0 saturated carbocycles. The van der Waals surface area contributed by atoms with E-state index in [9.17, 15) is 14.4 Å². The number of unbranched alkanes of at least 4 members (excludes halogenated alkanes) is 19. The average molecular weight is 889 g/mol. The largest absolute Gasteiger partial charge is 0.462 e. The lowest BCUT2D eigenvalue weighted by atomic mass is 10.0. The predicted molar refractivity (Wildman–Crippen MR) is 274 cm³/mol. The highest BCUT2D eigenvalue weighted by Crippen LogP contribution is 2.14. The van der Waals surface area contributed by atoms with Crippen LogP contribution in [0.4, 0.5) is 0 Å². The fourth-order valence-electron chi connectivity index (χ4n) is 6.84. The second-order valence-corrected chi connectivity index (χ2v) is 17.1. The van der Waals surface area contributed by atoms with E-state index in [1.165, 1.54) is 109 Å². The van der Waals surface area contributed by atoms with Crippen LogP contribution in [0.2, 0.25) is 0 Å². The third-order valence-electron chi connectivity index (χ3n) is 10.8. The first kappa shape index (κ1) is 60.3. The molecule has 0 rings (SSSR count). The zero-order valence-electron chi connectivity index (χ0n) is 41.5. The van der Waals surface area contributed by atoms with E-state index in [-0.39, 0.29) is 44.0 Å². The Hall–Kier alpha value is -3.67. The Balaban J connectivity index is 4.57. The molecular formula is C58H96O6. The molecular weight excluding hydrogens is 793 g/mol. The van der Waals surface area contributed by atoms with Crippen molar-refractivity contribution in [3.8, 4) is 0 Å². The van der Waals surface area contributed by atoms with Gasteiger partial charge in [-0.25, -0.2) is 0 Å². The van der Waals surface area contributed by atoms with Crippen molar-refractivity contribution in [2.75, 3.05) is 13.2 Å². The Kier molecular flexibility index (Phi) is 49.0. The van der Waals surface area contributed by atoms with Gasteiger partial charge in [0, 0.05) is 19.3 Å². The molecule has 0 aromatic heterocycles. The Morgan fingerprint density at radius 3 is 0.938 bits per heavy atom. The minimum absolute atomic E-state index is 0.116. The number of hydrogen-bond acceptors (Lipinski definition) is 6. The molecule has 0 aliphatic heterocycles. The van der Waals surface area contributed by atoms with Gasteiger partial charge >= 0.3 is 17.9 Å². The molecule has 0 saturated heterocycles. The molecule has 0 amide bonds. The quantitative estimate of drug-likeness (QED) is 0.0262. The molecule has 6 nitrogen and oxygen atoms in total. The lowest BCUT2D eigenvalue weighted by Gasteiger charge is -2.18. The number of ether oxygens (including phenoxy) is 3. The van der Waals surface area contributed by atoms with Gasteiger partial charge < -0.3 is 14.2 Å². The number of carbonyl (C=O) groups excluding carboxylic acids is 3. The summed E-state index contributed by atoms with van der Waals surface area (Å²) in [4.78, 5) is 37.9. The SMILES string of the molecule is CCCCC/C=C\C/C=C\C/C=C\C/C=C\CCCC(=O)OCC(COC(=O)CCCCCCCCCCCCCC)OC(=O)CCC/C=C\C/C=C\C/C=C\C/C=C\CCCCC. The zero-order valence-corrected chi connectivity index (χ0v) is 41.5. The van der Waals surface area contributed by atoms with Crippen LogP contribution in [0.1, 0.15) is 233 Å². The van der Waals surface area contributed by atoms with Crippen molar-refractivity contribution in [1.29, 1.82) is 0 Å². The third kappa shape index (κ3) is 49.3. The van der Waals surface area contributed by atoms with Crippen LogP contribution in [0.5, 0.6) is 0 Å². The maximum absolute atomic E-state index is 12.8. The molecule has 0 spiro atoms. The van der Waals surface area contributed by atoms with Crippen molar-refractivity contribution in [2.45, 2.75) is 239 Å². The summed E-state index contributed by atoms with van der Waals surface area (Å²) in [5.41, 5.74) is 0. The summed E-state index contributed by atoms with van der Waals surface area (Å²) in [6, 6.07) is 0. The first-order valence-corrected chi connectivity index (χ1v) is 26.2. The van der Waals surface area contributed by atoms with Crippen LogP contribution in [-0.4, -0.2) is 37.2 Å². The fraction of sp³-hybridized carbons (Fsp3) is 0.672. The van der Waals surface area contributed by atoms with E-state index < -0.39 is 6.10 Å². The maximum atomic E-state index is 12.8. The summed E-state index contributed by atoms with van der Waals surface area (Å²) in [6.07, 6.45) is 68.3. The summed E-state index contributed by atoms with van der Waals surface area (Å²) in [6.45, 7) is 6.48. The van der Waals surface area contributed by atoms with Crippen LogP contribution in [0.25, 0.3) is 0 Å². The molecule has 0 heterocycles. The van der Waals surface area contributed by atoms with Crippen molar-refractivity contribution < 1.29 is 28.6 Å². The first-order chi connectivity index (χ1) is 31.5. The number of hydrogen-bond donors (Lipinski definition) is 0. The lowest BCUT2D eigenvalue weighted by Crippen LogP contribution is -2.30. The van der Waals surface area contributed by atoms with Crippen molar-refractivity contribution in [2.24, 2.45) is 0 Å².